The van der Waals surface area contributed by atoms with Crippen molar-refractivity contribution < 1.29 is 18.0 Å². The van der Waals surface area contributed by atoms with E-state index in [0.29, 0.717) is 11.0 Å². The van der Waals surface area contributed by atoms with E-state index in [4.69, 9.17) is 0 Å². The maximum atomic E-state index is 13.8. The third-order valence-electron chi connectivity index (χ3n) is 5.45. The standard InChI is InChI=1S/C18H20BrF3N4OS/c1-10-5-2-3-7-25(10)17(27)15-14(19)16-23-11(12-6-4-8-28-12)9-13(18(20,21)22)26(16)24-15/h4,6,8,10-11,13,23H,2-3,5,7,9H2,1H3/t10-,11+,13+/m0/s1. The first kappa shape index (κ1) is 19.8. The Kier molecular flexibility index (Phi) is 5.20. The lowest BCUT2D eigenvalue weighted by Gasteiger charge is -2.33. The first-order chi connectivity index (χ1) is 13.3. The molecule has 1 N–H and O–H groups in total. The van der Waals surface area contributed by atoms with Crippen LogP contribution in [0.2, 0.25) is 0 Å². The number of amides is 1. The lowest BCUT2D eigenvalue weighted by atomic mass is 10.0. The Bertz CT molecular complexity index is 867. The van der Waals surface area contributed by atoms with Crippen molar-refractivity contribution >= 4 is 39.0 Å². The second-order valence-electron chi connectivity index (χ2n) is 7.30. The summed E-state index contributed by atoms with van der Waals surface area (Å²) in [5.74, 6) is -0.114. The Balaban J connectivity index is 1.73. The van der Waals surface area contributed by atoms with Crippen molar-refractivity contribution in [3.63, 3.8) is 0 Å². The average molecular weight is 477 g/mol. The average Bonchev–Trinajstić information content (AvgIpc) is 3.29. The largest absolute Gasteiger partial charge is 0.410 e. The molecule has 0 unspecified atom stereocenters. The molecule has 3 atom stereocenters. The van der Waals surface area contributed by atoms with Gasteiger partial charge in [0.05, 0.1) is 10.5 Å². The molecule has 5 nitrogen and oxygen atoms in total. The summed E-state index contributed by atoms with van der Waals surface area (Å²) in [6.07, 6.45) is -1.80. The second kappa shape index (κ2) is 7.37. The van der Waals surface area contributed by atoms with E-state index in [1.54, 1.807) is 4.90 Å². The molecule has 0 radical (unpaired) electrons. The summed E-state index contributed by atoms with van der Waals surface area (Å²) in [5, 5.41) is 9.12. The molecule has 152 valence electrons. The van der Waals surface area contributed by atoms with E-state index in [1.807, 2.05) is 24.4 Å². The first-order valence-corrected chi connectivity index (χ1v) is 10.9. The molecule has 28 heavy (non-hydrogen) atoms. The van der Waals surface area contributed by atoms with Gasteiger partial charge in [0.25, 0.3) is 5.91 Å². The number of hydrogen-bond donors (Lipinski definition) is 1. The number of alkyl halides is 3. The number of halogens is 4. The molecule has 10 heteroatoms. The molecule has 0 saturated carbocycles. The van der Waals surface area contributed by atoms with Crippen molar-refractivity contribution in [3.8, 4) is 0 Å². The minimum atomic E-state index is -4.46. The number of anilines is 1. The Morgan fingerprint density at radius 3 is 2.82 bits per heavy atom. The van der Waals surface area contributed by atoms with E-state index >= 15 is 0 Å². The van der Waals surface area contributed by atoms with Gasteiger partial charge in [-0.25, -0.2) is 4.68 Å². The van der Waals surface area contributed by atoms with Crippen LogP contribution in [0.25, 0.3) is 0 Å². The van der Waals surface area contributed by atoms with Gasteiger partial charge < -0.3 is 10.2 Å². The Morgan fingerprint density at radius 1 is 1.39 bits per heavy atom. The van der Waals surface area contributed by atoms with Crippen molar-refractivity contribution in [2.24, 2.45) is 0 Å². The molecule has 1 saturated heterocycles. The summed E-state index contributed by atoms with van der Waals surface area (Å²) in [7, 11) is 0. The molecule has 2 aliphatic rings. The maximum absolute atomic E-state index is 13.8. The summed E-state index contributed by atoms with van der Waals surface area (Å²) in [4.78, 5) is 15.6. The lowest BCUT2D eigenvalue weighted by Crippen LogP contribution is -2.42. The number of nitrogens with one attached hydrogen (secondary N) is 1. The third kappa shape index (κ3) is 3.45. The number of piperidine rings is 1. The van der Waals surface area contributed by atoms with E-state index in [0.717, 1.165) is 28.8 Å². The van der Waals surface area contributed by atoms with Crippen molar-refractivity contribution in [2.45, 2.75) is 56.9 Å². The smallest absolute Gasteiger partial charge is 0.362 e. The minimum Gasteiger partial charge on any atom is -0.362 e. The lowest BCUT2D eigenvalue weighted by molar-refractivity contribution is -0.173. The van der Waals surface area contributed by atoms with Gasteiger partial charge in [-0.1, -0.05) is 6.07 Å². The molecule has 2 aromatic heterocycles. The van der Waals surface area contributed by atoms with Gasteiger partial charge in [-0.3, -0.25) is 4.79 Å². The van der Waals surface area contributed by atoms with Crippen LogP contribution in [0.5, 0.6) is 0 Å². The number of fused-ring (bicyclic) bond motifs is 1. The highest BCUT2D eigenvalue weighted by molar-refractivity contribution is 9.10. The monoisotopic (exact) mass is 476 g/mol. The molecule has 0 aromatic carbocycles. The topological polar surface area (TPSA) is 50.2 Å². The number of nitrogens with zero attached hydrogens (tertiary/aromatic N) is 3. The van der Waals surface area contributed by atoms with Gasteiger partial charge in [0.1, 0.15) is 5.82 Å². The predicted octanol–water partition coefficient (Wildman–Crippen LogP) is 5.38. The van der Waals surface area contributed by atoms with Gasteiger partial charge in [-0.15, -0.1) is 11.3 Å². The highest BCUT2D eigenvalue weighted by Crippen LogP contribution is 2.47. The van der Waals surface area contributed by atoms with Crippen molar-refractivity contribution in [1.82, 2.24) is 14.7 Å². The molecule has 2 aromatic rings. The molecule has 4 heterocycles. The van der Waals surface area contributed by atoms with Gasteiger partial charge in [0.2, 0.25) is 0 Å². The van der Waals surface area contributed by atoms with Gasteiger partial charge in [-0.05, 0) is 53.6 Å². The summed E-state index contributed by atoms with van der Waals surface area (Å²) in [6.45, 7) is 2.56. The molecule has 0 spiro atoms. The molecule has 0 bridgehead atoms. The van der Waals surface area contributed by atoms with Gasteiger partial charge in [-0.2, -0.15) is 18.3 Å². The molecule has 1 fully saturated rings. The van der Waals surface area contributed by atoms with Crippen molar-refractivity contribution in [3.05, 3.63) is 32.6 Å². The maximum Gasteiger partial charge on any atom is 0.410 e. The van der Waals surface area contributed by atoms with Crippen LogP contribution in [0.1, 0.15) is 60.1 Å². The van der Waals surface area contributed by atoms with Crippen LogP contribution in [0.4, 0.5) is 19.0 Å². The fourth-order valence-electron chi connectivity index (χ4n) is 3.94. The van der Waals surface area contributed by atoms with Crippen LogP contribution >= 0.6 is 27.3 Å². The molecular formula is C18H20BrF3N4OS. The normalized spacial score (nSPS) is 25.3. The van der Waals surface area contributed by atoms with E-state index in [9.17, 15) is 18.0 Å². The van der Waals surface area contributed by atoms with Crippen LogP contribution in [-0.2, 0) is 0 Å². The molecule has 2 aliphatic heterocycles. The number of thiophene rings is 1. The Morgan fingerprint density at radius 2 is 2.18 bits per heavy atom. The van der Waals surface area contributed by atoms with Crippen LogP contribution < -0.4 is 5.32 Å². The summed E-state index contributed by atoms with van der Waals surface area (Å²) >= 11 is 4.76. The van der Waals surface area contributed by atoms with Gasteiger partial charge in [0, 0.05) is 23.9 Å². The second-order valence-corrected chi connectivity index (χ2v) is 9.08. The fraction of sp³-hybridized carbons (Fsp3) is 0.556. The van der Waals surface area contributed by atoms with E-state index in [2.05, 4.69) is 26.3 Å². The molecule has 4 rings (SSSR count). The van der Waals surface area contributed by atoms with Crippen molar-refractivity contribution in [1.29, 1.82) is 0 Å². The van der Waals surface area contributed by atoms with E-state index in [1.165, 1.54) is 11.3 Å². The van der Waals surface area contributed by atoms with E-state index < -0.39 is 18.3 Å². The number of aromatic nitrogens is 2. The third-order valence-corrected chi connectivity index (χ3v) is 7.19. The first-order valence-electron chi connectivity index (χ1n) is 9.23. The summed E-state index contributed by atoms with van der Waals surface area (Å²) in [5.41, 5.74) is 0.0392. The zero-order chi connectivity index (χ0) is 20.1. The van der Waals surface area contributed by atoms with Crippen LogP contribution in [0, 0.1) is 0 Å². The zero-order valence-corrected chi connectivity index (χ0v) is 17.6. The summed E-state index contributed by atoms with van der Waals surface area (Å²) in [6, 6.07) is 1.42. The number of likely N-dealkylation sites (tertiary alicyclic amines) is 1. The molecule has 1 amide bonds. The zero-order valence-electron chi connectivity index (χ0n) is 15.2. The fourth-order valence-corrected chi connectivity index (χ4v) is 5.27. The van der Waals surface area contributed by atoms with Gasteiger partial charge >= 0.3 is 6.18 Å². The van der Waals surface area contributed by atoms with Crippen LogP contribution in [0.15, 0.2) is 22.0 Å². The van der Waals surface area contributed by atoms with Crippen molar-refractivity contribution in [2.75, 3.05) is 11.9 Å². The predicted molar refractivity (Wildman–Crippen MR) is 105 cm³/mol. The Labute approximate surface area is 173 Å². The highest BCUT2D eigenvalue weighted by atomic mass is 79.9. The number of carbonyl (C=O) groups excluding carboxylic acids is 1. The quantitative estimate of drug-likeness (QED) is 0.632. The summed E-state index contributed by atoms with van der Waals surface area (Å²) < 4.78 is 42.6. The molecular weight excluding hydrogens is 457 g/mol. The minimum absolute atomic E-state index is 0.0392. The number of hydrogen-bond acceptors (Lipinski definition) is 4. The SMILES string of the molecule is C[C@H]1CCCCN1C(=O)c1nn2c(c1Br)N[C@@H](c1cccs1)C[C@@H]2C(F)(F)F. The highest BCUT2D eigenvalue weighted by Gasteiger charge is 2.48. The van der Waals surface area contributed by atoms with Crippen LogP contribution in [0.3, 0.4) is 0 Å². The molecule has 0 aliphatic carbocycles. The van der Waals surface area contributed by atoms with Crippen LogP contribution in [-0.4, -0.2) is 39.4 Å². The Hall–Kier alpha value is -1.55. The van der Waals surface area contributed by atoms with E-state index in [-0.39, 0.29) is 29.9 Å². The van der Waals surface area contributed by atoms with Gasteiger partial charge in [0.15, 0.2) is 11.7 Å². The number of rotatable bonds is 2. The number of carbonyl (C=O) groups is 1.